The van der Waals surface area contributed by atoms with Crippen LogP contribution in [0.1, 0.15) is 40.0 Å². The van der Waals surface area contributed by atoms with E-state index in [1.54, 1.807) is 30.3 Å². The number of imide groups is 1. The predicted molar refractivity (Wildman–Crippen MR) is 122 cm³/mol. The summed E-state index contributed by atoms with van der Waals surface area (Å²) in [5.41, 5.74) is 0.830. The Balaban J connectivity index is 1.56. The van der Waals surface area contributed by atoms with Crippen LogP contribution in [0.2, 0.25) is 0 Å². The van der Waals surface area contributed by atoms with Crippen molar-refractivity contribution in [2.24, 2.45) is 0 Å². The number of rotatable bonds is 9. The minimum atomic E-state index is -3.68. The lowest BCUT2D eigenvalue weighted by atomic mass is 10.1. The van der Waals surface area contributed by atoms with Gasteiger partial charge in [-0.2, -0.15) is 11.8 Å². The molecule has 4 rings (SSSR count). The summed E-state index contributed by atoms with van der Waals surface area (Å²) in [7, 11) is -3.68. The molecule has 32 heavy (non-hydrogen) atoms. The molecule has 1 heterocycles. The summed E-state index contributed by atoms with van der Waals surface area (Å²) in [5.74, 6) is -0.988. The molecule has 1 saturated carbocycles. The molecule has 10 heteroatoms. The smallest absolute Gasteiger partial charge is 0.262 e. The lowest BCUT2D eigenvalue weighted by Gasteiger charge is -2.25. The van der Waals surface area contributed by atoms with Crippen LogP contribution in [-0.2, 0) is 14.8 Å². The van der Waals surface area contributed by atoms with Crippen molar-refractivity contribution in [3.63, 3.8) is 0 Å². The Labute approximate surface area is 190 Å². The summed E-state index contributed by atoms with van der Waals surface area (Å²) in [6, 6.07) is 11.4. The molecular formula is C22H23N3O5S2. The second kappa shape index (κ2) is 9.05. The van der Waals surface area contributed by atoms with E-state index in [2.05, 4.69) is 10.0 Å². The van der Waals surface area contributed by atoms with Gasteiger partial charge >= 0.3 is 0 Å². The Morgan fingerprint density at radius 2 is 1.75 bits per heavy atom. The van der Waals surface area contributed by atoms with Crippen LogP contribution < -0.4 is 10.0 Å². The first-order valence-corrected chi connectivity index (χ1v) is 13.1. The van der Waals surface area contributed by atoms with E-state index in [9.17, 15) is 22.8 Å². The standard InChI is InChI=1S/C22H23N3O5S2/c1-31-12-11-19(25-21(27)17-7-2-3-8-18(17)22(25)28)20(26)23-15-5-4-6-16(13-15)32(29,30)24-14-9-10-14/h2-8,13-14,19,24H,9-12H2,1H3,(H,23,26). The van der Waals surface area contributed by atoms with Crippen molar-refractivity contribution in [1.82, 2.24) is 9.62 Å². The highest BCUT2D eigenvalue weighted by molar-refractivity contribution is 7.98. The summed E-state index contributed by atoms with van der Waals surface area (Å²) in [6.07, 6.45) is 3.78. The molecule has 8 nitrogen and oxygen atoms in total. The number of fused-ring (bicyclic) bond motifs is 1. The van der Waals surface area contributed by atoms with Gasteiger partial charge in [-0.1, -0.05) is 18.2 Å². The molecule has 1 unspecified atom stereocenters. The first-order chi connectivity index (χ1) is 15.3. The predicted octanol–water partition coefficient (Wildman–Crippen LogP) is 2.48. The molecule has 2 aromatic carbocycles. The van der Waals surface area contributed by atoms with Crippen LogP contribution in [0.4, 0.5) is 5.69 Å². The van der Waals surface area contributed by atoms with Gasteiger partial charge in [0.15, 0.2) is 0 Å². The quantitative estimate of drug-likeness (QED) is 0.541. The number of benzene rings is 2. The zero-order valence-electron chi connectivity index (χ0n) is 17.4. The maximum absolute atomic E-state index is 13.2. The Kier molecular flexibility index (Phi) is 6.36. The number of thioether (sulfide) groups is 1. The van der Waals surface area contributed by atoms with Crippen molar-refractivity contribution in [2.75, 3.05) is 17.3 Å². The third-order valence-electron chi connectivity index (χ3n) is 5.35. The fourth-order valence-corrected chi connectivity index (χ4v) is 5.36. The van der Waals surface area contributed by atoms with Crippen LogP contribution in [0, 0.1) is 0 Å². The summed E-state index contributed by atoms with van der Waals surface area (Å²) in [5, 5.41) is 2.69. The van der Waals surface area contributed by atoms with Crippen molar-refractivity contribution in [3.05, 3.63) is 59.7 Å². The monoisotopic (exact) mass is 473 g/mol. The van der Waals surface area contributed by atoms with Gasteiger partial charge in [0.25, 0.3) is 11.8 Å². The Bertz CT molecular complexity index is 1140. The molecule has 1 aliphatic carbocycles. The summed E-state index contributed by atoms with van der Waals surface area (Å²) in [6.45, 7) is 0. The molecule has 0 saturated heterocycles. The van der Waals surface area contributed by atoms with Crippen molar-refractivity contribution >= 4 is 45.2 Å². The number of amides is 3. The van der Waals surface area contributed by atoms with Gasteiger partial charge in [0.05, 0.1) is 16.0 Å². The fourth-order valence-electron chi connectivity index (χ4n) is 3.55. The summed E-state index contributed by atoms with van der Waals surface area (Å²) < 4.78 is 27.6. The van der Waals surface area contributed by atoms with Crippen LogP contribution in [0.15, 0.2) is 53.4 Å². The fraction of sp³-hybridized carbons (Fsp3) is 0.318. The van der Waals surface area contributed by atoms with Gasteiger partial charge in [-0.05, 0) is 61.6 Å². The van der Waals surface area contributed by atoms with Gasteiger partial charge in [-0.25, -0.2) is 13.1 Å². The van der Waals surface area contributed by atoms with E-state index >= 15 is 0 Å². The van der Waals surface area contributed by atoms with Gasteiger partial charge in [-0.15, -0.1) is 0 Å². The second-order valence-electron chi connectivity index (χ2n) is 7.74. The first kappa shape index (κ1) is 22.5. The molecular weight excluding hydrogens is 450 g/mol. The van der Waals surface area contributed by atoms with E-state index < -0.39 is 33.8 Å². The lowest BCUT2D eigenvalue weighted by Crippen LogP contribution is -2.47. The molecule has 0 radical (unpaired) electrons. The van der Waals surface area contributed by atoms with Crippen molar-refractivity contribution < 1.29 is 22.8 Å². The average molecular weight is 474 g/mol. The number of carbonyl (C=O) groups is 3. The molecule has 0 spiro atoms. The largest absolute Gasteiger partial charge is 0.324 e. The third kappa shape index (κ3) is 4.57. The highest BCUT2D eigenvalue weighted by atomic mass is 32.2. The van der Waals surface area contributed by atoms with E-state index in [1.807, 2.05) is 6.26 Å². The van der Waals surface area contributed by atoms with E-state index in [0.717, 1.165) is 17.7 Å². The third-order valence-corrected chi connectivity index (χ3v) is 7.51. The minimum Gasteiger partial charge on any atom is -0.324 e. The molecule has 168 valence electrons. The van der Waals surface area contributed by atoms with Gasteiger partial charge in [0.1, 0.15) is 6.04 Å². The van der Waals surface area contributed by atoms with Gasteiger partial charge < -0.3 is 5.32 Å². The molecule has 1 fully saturated rings. The number of nitrogens with one attached hydrogen (secondary N) is 2. The molecule has 3 amide bonds. The molecule has 2 aromatic rings. The lowest BCUT2D eigenvalue weighted by molar-refractivity contribution is -0.120. The number of carbonyl (C=O) groups excluding carboxylic acids is 3. The van der Waals surface area contributed by atoms with Crippen molar-refractivity contribution in [3.8, 4) is 0 Å². The molecule has 0 bridgehead atoms. The maximum Gasteiger partial charge on any atom is 0.262 e. The van der Waals surface area contributed by atoms with Crippen molar-refractivity contribution in [2.45, 2.75) is 36.2 Å². The van der Waals surface area contributed by atoms with Gasteiger partial charge in [-0.3, -0.25) is 19.3 Å². The van der Waals surface area contributed by atoms with Crippen LogP contribution in [0.5, 0.6) is 0 Å². The SMILES string of the molecule is CSCCC(C(=O)Nc1cccc(S(=O)(=O)NC2CC2)c1)N1C(=O)c2ccccc2C1=O. The van der Waals surface area contributed by atoms with E-state index in [1.165, 1.54) is 30.0 Å². The second-order valence-corrected chi connectivity index (χ2v) is 10.4. The summed E-state index contributed by atoms with van der Waals surface area (Å²) in [4.78, 5) is 40.0. The number of anilines is 1. The molecule has 0 aromatic heterocycles. The molecule has 1 atom stereocenters. The average Bonchev–Trinajstić information content (AvgIpc) is 3.55. The number of hydrogen-bond donors (Lipinski definition) is 2. The van der Waals surface area contributed by atoms with E-state index in [4.69, 9.17) is 0 Å². The van der Waals surface area contributed by atoms with Crippen LogP contribution in [0.25, 0.3) is 0 Å². The highest BCUT2D eigenvalue weighted by Gasteiger charge is 2.42. The molecule has 2 aliphatic rings. The first-order valence-electron chi connectivity index (χ1n) is 10.2. The van der Waals surface area contributed by atoms with Crippen LogP contribution >= 0.6 is 11.8 Å². The van der Waals surface area contributed by atoms with Crippen LogP contribution in [0.3, 0.4) is 0 Å². The minimum absolute atomic E-state index is 0.0389. The van der Waals surface area contributed by atoms with Gasteiger partial charge in [0.2, 0.25) is 15.9 Å². The zero-order valence-corrected chi connectivity index (χ0v) is 19.0. The van der Waals surface area contributed by atoms with Crippen LogP contribution in [-0.4, -0.2) is 55.1 Å². The normalized spacial score (nSPS) is 16.7. The number of sulfonamides is 1. The Morgan fingerprint density at radius 1 is 1.09 bits per heavy atom. The Morgan fingerprint density at radius 3 is 2.34 bits per heavy atom. The topological polar surface area (TPSA) is 113 Å². The number of hydrogen-bond acceptors (Lipinski definition) is 6. The Hall–Kier alpha value is -2.69. The maximum atomic E-state index is 13.2. The molecule has 2 N–H and O–H groups in total. The number of nitrogens with zero attached hydrogens (tertiary/aromatic N) is 1. The zero-order chi connectivity index (χ0) is 22.9. The summed E-state index contributed by atoms with van der Waals surface area (Å²) >= 11 is 1.50. The van der Waals surface area contributed by atoms with E-state index in [0.29, 0.717) is 5.75 Å². The van der Waals surface area contributed by atoms with Crippen molar-refractivity contribution in [1.29, 1.82) is 0 Å². The van der Waals surface area contributed by atoms with E-state index in [-0.39, 0.29) is 34.2 Å². The van der Waals surface area contributed by atoms with Gasteiger partial charge in [0, 0.05) is 11.7 Å². The highest BCUT2D eigenvalue weighted by Crippen LogP contribution is 2.27. The molecule has 1 aliphatic heterocycles.